The Labute approximate surface area is 118 Å². The molecule has 0 saturated carbocycles. The summed E-state index contributed by atoms with van der Waals surface area (Å²) in [6, 6.07) is 16.5. The molecule has 0 bridgehead atoms. The molecule has 0 spiro atoms. The smallest absolute Gasteiger partial charge is 0.0506 e. The van der Waals surface area contributed by atoms with Crippen molar-refractivity contribution in [3.63, 3.8) is 0 Å². The molecule has 0 aromatic heterocycles. The predicted molar refractivity (Wildman–Crippen MR) is 83.8 cm³/mol. The van der Waals surface area contributed by atoms with Crippen molar-refractivity contribution in [2.24, 2.45) is 0 Å². The van der Waals surface area contributed by atoms with Gasteiger partial charge in [-0.1, -0.05) is 54.1 Å². The van der Waals surface area contributed by atoms with Crippen LogP contribution >= 0.6 is 11.6 Å². The number of nitrogens with zero attached hydrogens (tertiary/aromatic N) is 1. The first-order chi connectivity index (χ1) is 9.31. The lowest BCUT2D eigenvalue weighted by Crippen LogP contribution is -2.18. The summed E-state index contributed by atoms with van der Waals surface area (Å²) in [5.41, 5.74) is 4.46. The Hall–Kier alpha value is -1.99. The van der Waals surface area contributed by atoms with Crippen molar-refractivity contribution in [3.8, 4) is 0 Å². The van der Waals surface area contributed by atoms with Crippen LogP contribution in [-0.2, 0) is 0 Å². The lowest BCUT2D eigenvalue weighted by Gasteiger charge is -2.25. The minimum atomic E-state index is 0.756. The van der Waals surface area contributed by atoms with Crippen LogP contribution in [0.25, 0.3) is 11.1 Å². The zero-order valence-electron chi connectivity index (χ0n) is 10.5. The van der Waals surface area contributed by atoms with Gasteiger partial charge in [0.25, 0.3) is 0 Å². The average molecular weight is 268 g/mol. The van der Waals surface area contributed by atoms with Gasteiger partial charge in [-0.3, -0.25) is 0 Å². The third-order valence-corrected chi connectivity index (χ3v) is 3.59. The van der Waals surface area contributed by atoms with Crippen LogP contribution in [0, 0.1) is 0 Å². The molecule has 0 unspecified atom stereocenters. The van der Waals surface area contributed by atoms with E-state index < -0.39 is 0 Å². The van der Waals surface area contributed by atoms with Gasteiger partial charge in [-0.2, -0.15) is 0 Å². The highest BCUT2D eigenvalue weighted by Gasteiger charge is 2.19. The lowest BCUT2D eigenvalue weighted by atomic mass is 10.1. The second kappa shape index (κ2) is 4.94. The summed E-state index contributed by atoms with van der Waals surface area (Å²) in [4.78, 5) is 2.24. The number of para-hydroxylation sites is 2. The molecule has 1 aliphatic rings. The van der Waals surface area contributed by atoms with Crippen LogP contribution < -0.4 is 4.90 Å². The predicted octanol–water partition coefficient (Wildman–Crippen LogP) is 5.06. The number of fused-ring (bicyclic) bond motifs is 2. The molecule has 0 N–H and O–H groups in total. The van der Waals surface area contributed by atoms with Gasteiger partial charge in [0.1, 0.15) is 0 Å². The van der Waals surface area contributed by atoms with Gasteiger partial charge in [-0.05, 0) is 23.8 Å². The third kappa shape index (κ3) is 2.06. The van der Waals surface area contributed by atoms with Crippen LogP contribution in [0.3, 0.4) is 0 Å². The first-order valence-electron chi connectivity index (χ1n) is 6.25. The number of hydrogen-bond donors (Lipinski definition) is 0. The molecule has 2 aromatic rings. The summed E-state index contributed by atoms with van der Waals surface area (Å²) in [7, 11) is 0. The van der Waals surface area contributed by atoms with E-state index in [0.717, 1.165) is 34.1 Å². The van der Waals surface area contributed by atoms with E-state index in [1.807, 2.05) is 36.4 Å². The summed E-state index contributed by atoms with van der Waals surface area (Å²) in [5.74, 6) is 0. The third-order valence-electron chi connectivity index (χ3n) is 3.27. The van der Waals surface area contributed by atoms with Crippen molar-refractivity contribution in [3.05, 3.63) is 72.3 Å². The second-order valence-corrected chi connectivity index (χ2v) is 4.87. The summed E-state index contributed by atoms with van der Waals surface area (Å²) in [6.45, 7) is 4.61. The molecular weight excluding hydrogens is 254 g/mol. The highest BCUT2D eigenvalue weighted by atomic mass is 35.5. The van der Waals surface area contributed by atoms with E-state index in [0.29, 0.717) is 0 Å². The Bertz CT molecular complexity index is 658. The van der Waals surface area contributed by atoms with E-state index in [-0.39, 0.29) is 0 Å². The highest BCUT2D eigenvalue weighted by molar-refractivity contribution is 6.52. The molecule has 0 radical (unpaired) electrons. The summed E-state index contributed by atoms with van der Waals surface area (Å²) in [5, 5.41) is 0.773. The monoisotopic (exact) mass is 267 g/mol. The summed E-state index contributed by atoms with van der Waals surface area (Å²) >= 11 is 6.45. The number of rotatable bonds is 2. The topological polar surface area (TPSA) is 3.24 Å². The molecule has 1 heterocycles. The van der Waals surface area contributed by atoms with Crippen molar-refractivity contribution < 1.29 is 0 Å². The van der Waals surface area contributed by atoms with Crippen molar-refractivity contribution in [2.45, 2.75) is 0 Å². The van der Waals surface area contributed by atoms with Crippen LogP contribution in [-0.4, -0.2) is 6.54 Å². The molecule has 0 amide bonds. The fourth-order valence-corrected chi connectivity index (χ4v) is 2.71. The van der Waals surface area contributed by atoms with Crippen LogP contribution in [0.15, 0.2) is 61.2 Å². The molecular formula is C17H14ClN. The number of anilines is 2. The minimum absolute atomic E-state index is 0.756. The largest absolute Gasteiger partial charge is 0.337 e. The second-order valence-electron chi connectivity index (χ2n) is 4.47. The van der Waals surface area contributed by atoms with Crippen LogP contribution in [0.4, 0.5) is 11.4 Å². The van der Waals surface area contributed by atoms with Crippen molar-refractivity contribution >= 4 is 34.1 Å². The minimum Gasteiger partial charge on any atom is -0.337 e. The molecule has 3 rings (SSSR count). The summed E-state index contributed by atoms with van der Waals surface area (Å²) in [6.07, 6.45) is 3.94. The zero-order chi connectivity index (χ0) is 13.2. The van der Waals surface area contributed by atoms with Gasteiger partial charge in [-0.15, -0.1) is 6.58 Å². The van der Waals surface area contributed by atoms with E-state index >= 15 is 0 Å². The zero-order valence-corrected chi connectivity index (χ0v) is 11.3. The van der Waals surface area contributed by atoms with Gasteiger partial charge in [0.05, 0.1) is 10.7 Å². The maximum atomic E-state index is 6.45. The molecule has 0 atom stereocenters. The van der Waals surface area contributed by atoms with Crippen molar-refractivity contribution in [1.82, 2.24) is 0 Å². The standard InChI is InChI=1S/C17H14ClN/c1-2-11-19-16-9-5-3-7-13(16)12-15(18)14-8-4-6-10-17(14)19/h2-10,12H,1,11H2. The number of hydrogen-bond acceptors (Lipinski definition) is 1. The first kappa shape index (κ1) is 12.1. The quantitative estimate of drug-likeness (QED) is 0.688. The van der Waals surface area contributed by atoms with Crippen LogP contribution in [0.5, 0.6) is 0 Å². The molecule has 2 heteroatoms. The van der Waals surface area contributed by atoms with Gasteiger partial charge in [0.2, 0.25) is 0 Å². The van der Waals surface area contributed by atoms with E-state index in [4.69, 9.17) is 11.6 Å². The van der Waals surface area contributed by atoms with Gasteiger partial charge < -0.3 is 4.90 Å². The van der Waals surface area contributed by atoms with E-state index in [2.05, 4.69) is 35.7 Å². The number of benzene rings is 2. The maximum Gasteiger partial charge on any atom is 0.0506 e. The molecule has 0 fully saturated rings. The highest BCUT2D eigenvalue weighted by Crippen LogP contribution is 2.40. The molecule has 1 nitrogen and oxygen atoms in total. The van der Waals surface area contributed by atoms with Crippen LogP contribution in [0.1, 0.15) is 11.1 Å². The molecule has 19 heavy (non-hydrogen) atoms. The van der Waals surface area contributed by atoms with E-state index in [9.17, 15) is 0 Å². The van der Waals surface area contributed by atoms with Gasteiger partial charge in [0.15, 0.2) is 0 Å². The van der Waals surface area contributed by atoms with E-state index in [1.165, 1.54) is 0 Å². The normalized spacial score (nSPS) is 13.1. The van der Waals surface area contributed by atoms with Gasteiger partial charge in [-0.25, -0.2) is 0 Å². The Kier molecular flexibility index (Phi) is 3.14. The average Bonchev–Trinajstić information content (AvgIpc) is 2.56. The van der Waals surface area contributed by atoms with Crippen molar-refractivity contribution in [1.29, 1.82) is 0 Å². The Morgan fingerprint density at radius 3 is 2.47 bits per heavy atom. The fraction of sp³-hybridized carbons (Fsp3) is 0.0588. The molecule has 0 aliphatic carbocycles. The molecule has 2 aromatic carbocycles. The Morgan fingerprint density at radius 1 is 1.00 bits per heavy atom. The number of halogens is 1. The molecule has 0 saturated heterocycles. The Morgan fingerprint density at radius 2 is 1.68 bits per heavy atom. The maximum absolute atomic E-state index is 6.45. The SMILES string of the molecule is C=CCN1c2ccccc2C=C(Cl)c2ccccc21. The van der Waals surface area contributed by atoms with Gasteiger partial charge >= 0.3 is 0 Å². The van der Waals surface area contributed by atoms with Crippen LogP contribution in [0.2, 0.25) is 0 Å². The molecule has 1 aliphatic heterocycles. The Balaban J connectivity index is 2.29. The van der Waals surface area contributed by atoms with E-state index in [1.54, 1.807) is 0 Å². The molecule has 94 valence electrons. The summed E-state index contributed by atoms with van der Waals surface area (Å²) < 4.78 is 0. The lowest BCUT2D eigenvalue weighted by molar-refractivity contribution is 1.10. The fourth-order valence-electron chi connectivity index (χ4n) is 2.44. The van der Waals surface area contributed by atoms with Gasteiger partial charge in [0, 0.05) is 17.8 Å². The van der Waals surface area contributed by atoms with Crippen molar-refractivity contribution in [2.75, 3.05) is 11.4 Å². The first-order valence-corrected chi connectivity index (χ1v) is 6.63.